The van der Waals surface area contributed by atoms with E-state index in [1.54, 1.807) is 6.07 Å². The van der Waals surface area contributed by atoms with Gasteiger partial charge in [0.1, 0.15) is 17.6 Å². The second-order valence-corrected chi connectivity index (χ2v) is 8.86. The van der Waals surface area contributed by atoms with Crippen molar-refractivity contribution < 1.29 is 18.8 Å². The molecule has 172 valence electrons. The van der Waals surface area contributed by atoms with Gasteiger partial charge in [0.05, 0.1) is 25.4 Å². The number of aromatic nitrogens is 1. The number of ether oxygens (including phenoxy) is 2. The van der Waals surface area contributed by atoms with E-state index in [0.29, 0.717) is 0 Å². The monoisotopic (exact) mass is 447 g/mol. The summed E-state index contributed by atoms with van der Waals surface area (Å²) in [4.78, 5) is 14.5. The molecule has 7 nitrogen and oxygen atoms in total. The Hall–Kier alpha value is -3.48. The zero-order chi connectivity index (χ0) is 22.6. The molecule has 2 fully saturated rings. The molecule has 0 unspecified atom stereocenters. The highest BCUT2D eigenvalue weighted by molar-refractivity contribution is 5.91. The first-order valence-corrected chi connectivity index (χ1v) is 11.6. The topological polar surface area (TPSA) is 76.8 Å². The number of benzene rings is 2. The summed E-state index contributed by atoms with van der Waals surface area (Å²) in [7, 11) is 0. The van der Waals surface area contributed by atoms with Gasteiger partial charge in [-0.1, -0.05) is 17.3 Å². The van der Waals surface area contributed by atoms with Crippen molar-refractivity contribution in [2.75, 3.05) is 24.6 Å². The van der Waals surface area contributed by atoms with E-state index in [9.17, 15) is 4.79 Å². The van der Waals surface area contributed by atoms with E-state index in [1.807, 2.05) is 31.2 Å². The van der Waals surface area contributed by atoms with Crippen LogP contribution in [0.5, 0.6) is 11.5 Å². The fourth-order valence-electron chi connectivity index (χ4n) is 4.02. The summed E-state index contributed by atoms with van der Waals surface area (Å²) in [5.41, 5.74) is 2.19. The molecule has 1 saturated carbocycles. The number of anilines is 1. The minimum atomic E-state index is -0.283. The molecular weight excluding hydrogens is 418 g/mol. The lowest BCUT2D eigenvalue weighted by Crippen LogP contribution is -2.26. The maximum Gasteiger partial charge on any atom is 0.290 e. The van der Waals surface area contributed by atoms with Crippen LogP contribution >= 0.6 is 0 Å². The van der Waals surface area contributed by atoms with Crippen LogP contribution in [0.25, 0.3) is 0 Å². The van der Waals surface area contributed by atoms with Gasteiger partial charge in [-0.05, 0) is 67.6 Å². The van der Waals surface area contributed by atoms with Gasteiger partial charge in [-0.3, -0.25) is 4.79 Å². The van der Waals surface area contributed by atoms with E-state index in [-0.39, 0.29) is 23.8 Å². The van der Waals surface area contributed by atoms with Crippen LogP contribution in [0.1, 0.15) is 48.3 Å². The number of nitrogens with one attached hydrogen (secondary N) is 1. The van der Waals surface area contributed by atoms with Crippen LogP contribution in [0.15, 0.2) is 65.3 Å². The highest BCUT2D eigenvalue weighted by Gasteiger charge is 2.25. The van der Waals surface area contributed by atoms with Crippen LogP contribution < -0.4 is 19.7 Å². The minimum Gasteiger partial charge on any atom is -0.493 e. The Morgan fingerprint density at radius 3 is 2.55 bits per heavy atom. The third kappa shape index (κ3) is 5.48. The van der Waals surface area contributed by atoms with Crippen LogP contribution in [-0.4, -0.2) is 36.9 Å². The van der Waals surface area contributed by atoms with Crippen molar-refractivity contribution >= 4 is 11.6 Å². The first kappa shape index (κ1) is 21.4. The zero-order valence-electron chi connectivity index (χ0n) is 18.8. The zero-order valence-corrected chi connectivity index (χ0v) is 18.8. The van der Waals surface area contributed by atoms with Crippen LogP contribution in [0.4, 0.5) is 5.69 Å². The van der Waals surface area contributed by atoms with Gasteiger partial charge in [0.2, 0.25) is 5.76 Å². The largest absolute Gasteiger partial charge is 0.493 e. The lowest BCUT2D eigenvalue weighted by Gasteiger charge is -2.20. The maximum absolute atomic E-state index is 12.1. The summed E-state index contributed by atoms with van der Waals surface area (Å²) in [5.74, 6) is 2.46. The average molecular weight is 448 g/mol. The molecule has 2 aromatic carbocycles. The molecule has 0 bridgehead atoms. The van der Waals surface area contributed by atoms with Gasteiger partial charge in [0, 0.05) is 24.7 Å². The van der Waals surface area contributed by atoms with Gasteiger partial charge in [0.15, 0.2) is 0 Å². The van der Waals surface area contributed by atoms with E-state index in [2.05, 4.69) is 39.6 Å². The van der Waals surface area contributed by atoms with Crippen LogP contribution in [0.3, 0.4) is 0 Å². The SMILES string of the molecule is C[C@H](NC(=O)c1ccno1)c1ccc(O[C@@H]2CCN(c3ccc(OCC4CC4)cc3)C2)cc1. The average Bonchev–Trinajstić information content (AvgIpc) is 3.29. The van der Waals surface area contributed by atoms with Crippen molar-refractivity contribution in [3.63, 3.8) is 0 Å². The van der Waals surface area contributed by atoms with Crippen molar-refractivity contribution in [3.05, 3.63) is 72.1 Å². The molecule has 0 spiro atoms. The summed E-state index contributed by atoms with van der Waals surface area (Å²) in [6.45, 7) is 4.59. The lowest BCUT2D eigenvalue weighted by molar-refractivity contribution is 0.0902. The minimum absolute atomic E-state index is 0.144. The predicted octanol–water partition coefficient (Wildman–Crippen LogP) is 4.61. The molecule has 2 aliphatic rings. The van der Waals surface area contributed by atoms with Gasteiger partial charge >= 0.3 is 0 Å². The van der Waals surface area contributed by atoms with E-state index in [1.165, 1.54) is 24.7 Å². The standard InChI is InChI=1S/C26H29N3O4/c1-18(28-26(30)25-12-14-27-33-25)20-4-8-23(9-5-20)32-24-13-15-29(16-24)21-6-10-22(11-7-21)31-17-19-2-3-19/h4-12,14,18-19,24H,2-3,13,15-17H2,1H3,(H,28,30)/t18-,24+/m0/s1. The Morgan fingerprint density at radius 2 is 1.85 bits per heavy atom. The summed E-state index contributed by atoms with van der Waals surface area (Å²) >= 11 is 0. The normalized spacial score (nSPS) is 18.7. The Balaban J connectivity index is 1.11. The summed E-state index contributed by atoms with van der Waals surface area (Å²) < 4.78 is 17.0. The Morgan fingerprint density at radius 1 is 1.09 bits per heavy atom. The molecule has 1 N–H and O–H groups in total. The number of nitrogens with zero attached hydrogens (tertiary/aromatic N) is 2. The molecule has 1 aliphatic heterocycles. The summed E-state index contributed by atoms with van der Waals surface area (Å²) in [6, 6.07) is 17.7. The molecular formula is C26H29N3O4. The molecule has 1 aliphatic carbocycles. The second kappa shape index (κ2) is 9.57. The van der Waals surface area contributed by atoms with Gasteiger partial charge in [-0.15, -0.1) is 0 Å². The summed E-state index contributed by atoms with van der Waals surface area (Å²) in [6.07, 6.45) is 5.18. The number of carbonyl (C=O) groups is 1. The third-order valence-corrected chi connectivity index (χ3v) is 6.22. The molecule has 33 heavy (non-hydrogen) atoms. The van der Waals surface area contributed by atoms with E-state index < -0.39 is 0 Å². The molecule has 3 aromatic rings. The fraction of sp³-hybridized carbons (Fsp3) is 0.385. The Labute approximate surface area is 193 Å². The van der Waals surface area contributed by atoms with Crippen molar-refractivity contribution in [1.82, 2.24) is 10.5 Å². The van der Waals surface area contributed by atoms with Gasteiger partial charge < -0.3 is 24.2 Å². The van der Waals surface area contributed by atoms with Crippen LogP contribution in [0.2, 0.25) is 0 Å². The molecule has 1 aromatic heterocycles. The van der Waals surface area contributed by atoms with Crippen molar-refractivity contribution in [3.8, 4) is 11.5 Å². The van der Waals surface area contributed by atoms with E-state index in [4.69, 9.17) is 14.0 Å². The van der Waals surface area contributed by atoms with Crippen LogP contribution in [-0.2, 0) is 0 Å². The second-order valence-electron chi connectivity index (χ2n) is 8.86. The van der Waals surface area contributed by atoms with Gasteiger partial charge in [0.25, 0.3) is 5.91 Å². The molecule has 2 heterocycles. The van der Waals surface area contributed by atoms with Crippen LogP contribution in [0, 0.1) is 5.92 Å². The molecule has 1 amide bonds. The molecule has 1 saturated heterocycles. The maximum atomic E-state index is 12.1. The van der Waals surface area contributed by atoms with E-state index in [0.717, 1.165) is 49.1 Å². The van der Waals surface area contributed by atoms with Crippen molar-refractivity contribution in [2.24, 2.45) is 5.92 Å². The van der Waals surface area contributed by atoms with Gasteiger partial charge in [-0.2, -0.15) is 0 Å². The molecule has 2 atom stereocenters. The van der Waals surface area contributed by atoms with Gasteiger partial charge in [-0.25, -0.2) is 0 Å². The Kier molecular flexibility index (Phi) is 6.19. The van der Waals surface area contributed by atoms with Crippen molar-refractivity contribution in [2.45, 2.75) is 38.3 Å². The third-order valence-electron chi connectivity index (χ3n) is 6.22. The smallest absolute Gasteiger partial charge is 0.290 e. The number of amides is 1. The molecule has 0 radical (unpaired) electrons. The van der Waals surface area contributed by atoms with Crippen molar-refractivity contribution in [1.29, 1.82) is 0 Å². The highest BCUT2D eigenvalue weighted by atomic mass is 16.5. The summed E-state index contributed by atoms with van der Waals surface area (Å²) in [5, 5.41) is 6.47. The number of hydrogen-bond donors (Lipinski definition) is 1. The number of hydrogen-bond acceptors (Lipinski definition) is 6. The Bertz CT molecular complexity index is 1050. The quantitative estimate of drug-likeness (QED) is 0.516. The first-order valence-electron chi connectivity index (χ1n) is 11.6. The molecule has 5 rings (SSSR count). The predicted molar refractivity (Wildman–Crippen MR) is 125 cm³/mol. The first-order chi connectivity index (χ1) is 16.1. The van der Waals surface area contributed by atoms with E-state index >= 15 is 0 Å². The fourth-order valence-corrected chi connectivity index (χ4v) is 4.02. The number of rotatable bonds is 9. The number of carbonyl (C=O) groups excluding carboxylic acids is 1. The highest BCUT2D eigenvalue weighted by Crippen LogP contribution is 2.30. The lowest BCUT2D eigenvalue weighted by atomic mass is 10.1. The molecule has 7 heteroatoms.